The first-order chi connectivity index (χ1) is 4.74. The van der Waals surface area contributed by atoms with Crippen LogP contribution in [-0.4, -0.2) is 11.9 Å². The molecule has 0 aliphatic carbocycles. The number of allylic oxidation sites excluding steroid dienone is 2. The zero-order chi connectivity index (χ0) is 7.56. The normalized spacial score (nSPS) is 26.5. The first-order valence-corrected chi connectivity index (χ1v) is 4.59. The second-order valence-corrected chi connectivity index (χ2v) is 3.89. The summed E-state index contributed by atoms with van der Waals surface area (Å²) in [5.74, 6) is 0. The van der Waals surface area contributed by atoms with Crippen molar-refractivity contribution in [2.24, 2.45) is 0 Å². The van der Waals surface area contributed by atoms with E-state index in [1.807, 2.05) is 0 Å². The third-order valence-electron chi connectivity index (χ3n) is 2.37. The summed E-state index contributed by atoms with van der Waals surface area (Å²) in [6, 6.07) is 0. The van der Waals surface area contributed by atoms with Crippen molar-refractivity contribution in [3.63, 3.8) is 0 Å². The van der Waals surface area contributed by atoms with E-state index in [0.717, 1.165) is 6.71 Å². The number of hydrogen-bond donors (Lipinski definition) is 1. The maximum atomic E-state index is 4.55. The van der Waals surface area contributed by atoms with Crippen molar-refractivity contribution >= 4 is 19.3 Å². The van der Waals surface area contributed by atoms with E-state index in [9.17, 15) is 0 Å². The molecule has 0 amide bonds. The summed E-state index contributed by atoms with van der Waals surface area (Å²) in [4.78, 5) is 0. The quantitative estimate of drug-likeness (QED) is 0.335. The number of hydrogen-bond acceptors (Lipinski definition) is 1. The fraction of sp³-hybridized carbons (Fsp3) is 0.750. The molecule has 1 aliphatic heterocycles. The summed E-state index contributed by atoms with van der Waals surface area (Å²) in [5, 5.41) is 0.620. The molecule has 0 nitrogen and oxygen atoms in total. The molecule has 1 atom stereocenters. The largest absolute Gasteiger partial charge is 0.184 e. The van der Waals surface area contributed by atoms with Gasteiger partial charge in [0.2, 0.25) is 0 Å². The van der Waals surface area contributed by atoms with Crippen LogP contribution in [0.25, 0.3) is 0 Å². The summed E-state index contributed by atoms with van der Waals surface area (Å²) in [6.45, 7) is 5.28. The van der Waals surface area contributed by atoms with Crippen LogP contribution in [-0.2, 0) is 0 Å². The van der Waals surface area contributed by atoms with Crippen molar-refractivity contribution in [2.75, 3.05) is 0 Å². The molecule has 10 heavy (non-hydrogen) atoms. The Morgan fingerprint density at radius 2 is 2.50 bits per heavy atom. The lowest BCUT2D eigenvalue weighted by Gasteiger charge is -2.22. The van der Waals surface area contributed by atoms with Crippen molar-refractivity contribution in [2.45, 2.75) is 38.1 Å². The fourth-order valence-electron chi connectivity index (χ4n) is 1.53. The van der Waals surface area contributed by atoms with E-state index in [1.165, 1.54) is 24.6 Å². The third-order valence-corrected chi connectivity index (χ3v) is 2.97. The Kier molecular flexibility index (Phi) is 2.90. The van der Waals surface area contributed by atoms with E-state index in [-0.39, 0.29) is 0 Å². The summed E-state index contributed by atoms with van der Waals surface area (Å²) >= 11 is 4.55. The van der Waals surface area contributed by atoms with E-state index in [2.05, 4.69) is 32.6 Å². The van der Waals surface area contributed by atoms with Crippen LogP contribution in [0.4, 0.5) is 0 Å². The highest BCUT2D eigenvalue weighted by Gasteiger charge is 2.22. The maximum Gasteiger partial charge on any atom is 0.158 e. The molecule has 0 aromatic carbocycles. The lowest BCUT2D eigenvalue weighted by Crippen LogP contribution is -2.27. The van der Waals surface area contributed by atoms with Gasteiger partial charge in [0.05, 0.1) is 0 Å². The molecule has 1 aliphatic rings. The SMILES string of the molecule is CCB1CC=C(C)CC1S. The van der Waals surface area contributed by atoms with Crippen LogP contribution < -0.4 is 0 Å². The highest BCUT2D eigenvalue weighted by Crippen LogP contribution is 2.23. The smallest absolute Gasteiger partial charge is 0.158 e. The monoisotopic (exact) mass is 154 g/mol. The fourth-order valence-corrected chi connectivity index (χ4v) is 2.15. The second kappa shape index (κ2) is 3.52. The molecule has 1 heterocycles. The van der Waals surface area contributed by atoms with Gasteiger partial charge in [-0.25, -0.2) is 0 Å². The summed E-state index contributed by atoms with van der Waals surface area (Å²) < 4.78 is 0. The lowest BCUT2D eigenvalue weighted by atomic mass is 9.40. The van der Waals surface area contributed by atoms with Crippen molar-refractivity contribution in [3.8, 4) is 0 Å². The first-order valence-electron chi connectivity index (χ1n) is 4.07. The standard InChI is InChI=1S/C8H15BS/c1-3-9-5-4-7(2)6-8(9)10/h4,8,10H,3,5-6H2,1-2H3. The zero-order valence-electron chi connectivity index (χ0n) is 6.80. The van der Waals surface area contributed by atoms with Gasteiger partial charge in [-0.2, -0.15) is 12.6 Å². The highest BCUT2D eigenvalue weighted by molar-refractivity contribution is 7.82. The van der Waals surface area contributed by atoms with Gasteiger partial charge < -0.3 is 0 Å². The lowest BCUT2D eigenvalue weighted by molar-refractivity contribution is 0.997. The predicted molar refractivity (Wildman–Crippen MR) is 52.2 cm³/mol. The molecular weight excluding hydrogens is 139 g/mol. The van der Waals surface area contributed by atoms with Crippen molar-refractivity contribution in [3.05, 3.63) is 11.6 Å². The van der Waals surface area contributed by atoms with Gasteiger partial charge in [0.15, 0.2) is 6.71 Å². The maximum absolute atomic E-state index is 4.55. The van der Waals surface area contributed by atoms with Gasteiger partial charge in [-0.05, 0) is 18.5 Å². The van der Waals surface area contributed by atoms with Crippen molar-refractivity contribution in [1.82, 2.24) is 0 Å². The molecule has 0 saturated heterocycles. The molecule has 0 radical (unpaired) electrons. The van der Waals surface area contributed by atoms with Crippen LogP contribution in [0, 0.1) is 0 Å². The molecule has 0 fully saturated rings. The third kappa shape index (κ3) is 1.82. The molecule has 0 aromatic rings. The highest BCUT2D eigenvalue weighted by atomic mass is 32.1. The van der Waals surface area contributed by atoms with Gasteiger partial charge >= 0.3 is 0 Å². The van der Waals surface area contributed by atoms with Gasteiger partial charge in [-0.3, -0.25) is 0 Å². The number of thiol groups is 1. The Morgan fingerprint density at radius 3 is 3.00 bits per heavy atom. The summed E-state index contributed by atoms with van der Waals surface area (Å²) in [6.07, 6.45) is 6.08. The summed E-state index contributed by atoms with van der Waals surface area (Å²) in [5.41, 5.74) is 1.52. The topological polar surface area (TPSA) is 0 Å². The average Bonchev–Trinajstić information content (AvgIpc) is 1.88. The van der Waals surface area contributed by atoms with Gasteiger partial charge in [0.25, 0.3) is 0 Å². The molecule has 56 valence electrons. The van der Waals surface area contributed by atoms with Crippen molar-refractivity contribution in [1.29, 1.82) is 0 Å². The summed E-state index contributed by atoms with van der Waals surface area (Å²) in [7, 11) is 0. The molecule has 1 unspecified atom stereocenters. The Hall–Kier alpha value is 0.155. The van der Waals surface area contributed by atoms with E-state index >= 15 is 0 Å². The van der Waals surface area contributed by atoms with Gasteiger partial charge in [0.1, 0.15) is 0 Å². The Morgan fingerprint density at radius 1 is 1.80 bits per heavy atom. The molecule has 1 rings (SSSR count). The molecule has 0 saturated carbocycles. The molecule has 2 heteroatoms. The van der Waals surface area contributed by atoms with Gasteiger partial charge in [0, 0.05) is 0 Å². The minimum atomic E-state index is 0.620. The molecular formula is C8H15BS. The van der Waals surface area contributed by atoms with E-state index in [1.54, 1.807) is 0 Å². The van der Waals surface area contributed by atoms with Crippen LogP contribution in [0.15, 0.2) is 11.6 Å². The van der Waals surface area contributed by atoms with E-state index < -0.39 is 0 Å². The molecule has 0 spiro atoms. The van der Waals surface area contributed by atoms with Crippen LogP contribution in [0.3, 0.4) is 0 Å². The van der Waals surface area contributed by atoms with Gasteiger partial charge in [-0.1, -0.05) is 31.2 Å². The van der Waals surface area contributed by atoms with Gasteiger partial charge in [-0.15, -0.1) is 0 Å². The van der Waals surface area contributed by atoms with Crippen LogP contribution in [0.1, 0.15) is 20.3 Å². The zero-order valence-corrected chi connectivity index (χ0v) is 7.70. The molecule has 0 aromatic heterocycles. The number of rotatable bonds is 1. The average molecular weight is 154 g/mol. The second-order valence-electron chi connectivity index (χ2n) is 3.23. The van der Waals surface area contributed by atoms with Crippen LogP contribution >= 0.6 is 12.6 Å². The Balaban J connectivity index is 2.52. The Bertz CT molecular complexity index is 142. The predicted octanol–water partition coefficient (Wildman–Crippen LogP) is 2.69. The van der Waals surface area contributed by atoms with Crippen molar-refractivity contribution < 1.29 is 0 Å². The van der Waals surface area contributed by atoms with E-state index in [0.29, 0.717) is 5.15 Å². The molecule has 0 N–H and O–H groups in total. The van der Waals surface area contributed by atoms with Crippen LogP contribution in [0.5, 0.6) is 0 Å². The minimum absolute atomic E-state index is 0.620. The first kappa shape index (κ1) is 8.25. The van der Waals surface area contributed by atoms with Crippen LogP contribution in [0.2, 0.25) is 12.6 Å². The molecule has 0 bridgehead atoms. The Labute approximate surface area is 69.6 Å². The minimum Gasteiger partial charge on any atom is -0.184 e. The van der Waals surface area contributed by atoms with E-state index in [4.69, 9.17) is 0 Å².